The number of likely N-dealkylation sites (tertiary alicyclic amines) is 1. The number of rotatable bonds is 4. The lowest BCUT2D eigenvalue weighted by Gasteiger charge is -2.29. The van der Waals surface area contributed by atoms with E-state index in [0.717, 1.165) is 38.9 Å². The van der Waals surface area contributed by atoms with Crippen LogP contribution in [0.2, 0.25) is 0 Å². The quantitative estimate of drug-likeness (QED) is 0.874. The molecule has 0 atom stereocenters. The molecule has 1 aliphatic heterocycles. The minimum atomic E-state index is 0.419. The average molecular weight is 239 g/mol. The van der Waals surface area contributed by atoms with Gasteiger partial charge in [0.15, 0.2) is 0 Å². The molecule has 1 aliphatic rings. The summed E-state index contributed by atoms with van der Waals surface area (Å²) >= 11 is 1.80. The number of aromatic nitrogens is 1. The molecule has 90 valence electrons. The summed E-state index contributed by atoms with van der Waals surface area (Å²) in [6, 6.07) is 0.419. The first-order valence-corrected chi connectivity index (χ1v) is 7.07. The van der Waals surface area contributed by atoms with Gasteiger partial charge in [0.05, 0.1) is 10.7 Å². The normalized spacial score (nSPS) is 19.1. The summed E-state index contributed by atoms with van der Waals surface area (Å²) in [5, 5.41) is 3.49. The Morgan fingerprint density at radius 1 is 1.50 bits per heavy atom. The molecule has 0 unspecified atom stereocenters. The minimum absolute atomic E-state index is 0.419. The number of nitrogens with two attached hydrogens (primary N) is 1. The average Bonchev–Trinajstić information content (AvgIpc) is 2.70. The van der Waals surface area contributed by atoms with Crippen LogP contribution in [-0.2, 0) is 13.0 Å². The molecule has 0 amide bonds. The van der Waals surface area contributed by atoms with Crippen molar-refractivity contribution >= 4 is 11.3 Å². The second-order valence-corrected chi connectivity index (χ2v) is 5.54. The third-order valence-corrected chi connectivity index (χ3v) is 4.04. The fourth-order valence-electron chi connectivity index (χ4n) is 2.09. The Morgan fingerprint density at radius 2 is 2.25 bits per heavy atom. The van der Waals surface area contributed by atoms with Crippen LogP contribution in [0.25, 0.3) is 0 Å². The van der Waals surface area contributed by atoms with Crippen molar-refractivity contribution < 1.29 is 0 Å². The third kappa shape index (κ3) is 3.27. The maximum Gasteiger partial charge on any atom is 0.0928 e. The molecule has 3 nitrogen and oxygen atoms in total. The summed E-state index contributed by atoms with van der Waals surface area (Å²) in [5.74, 6) is 0. The maximum atomic E-state index is 5.89. The maximum absolute atomic E-state index is 5.89. The van der Waals surface area contributed by atoms with Gasteiger partial charge >= 0.3 is 0 Å². The van der Waals surface area contributed by atoms with Gasteiger partial charge in [-0.3, -0.25) is 4.90 Å². The van der Waals surface area contributed by atoms with E-state index in [9.17, 15) is 0 Å². The summed E-state index contributed by atoms with van der Waals surface area (Å²) in [6.07, 6.45) is 4.57. The highest BCUT2D eigenvalue weighted by atomic mass is 32.1. The predicted molar refractivity (Wildman–Crippen MR) is 68.6 cm³/mol. The molecule has 0 saturated carbocycles. The van der Waals surface area contributed by atoms with Gasteiger partial charge in [-0.25, -0.2) is 4.98 Å². The standard InChI is InChI=1S/C12H21N3S/c1-2-3-12-14-11(9-16-12)8-15-6-4-10(13)5-7-15/h9-10H,2-8,13H2,1H3. The van der Waals surface area contributed by atoms with Crippen molar-refractivity contribution in [2.24, 2.45) is 5.73 Å². The fourth-order valence-corrected chi connectivity index (χ4v) is 2.98. The largest absolute Gasteiger partial charge is 0.328 e. The summed E-state index contributed by atoms with van der Waals surface area (Å²) in [6.45, 7) is 5.46. The van der Waals surface area contributed by atoms with Crippen molar-refractivity contribution in [3.05, 3.63) is 16.1 Å². The smallest absolute Gasteiger partial charge is 0.0928 e. The second kappa shape index (κ2) is 5.75. The van der Waals surface area contributed by atoms with Crippen molar-refractivity contribution in [1.29, 1.82) is 0 Å². The summed E-state index contributed by atoms with van der Waals surface area (Å²) in [4.78, 5) is 7.13. The third-order valence-electron chi connectivity index (χ3n) is 3.08. The van der Waals surface area contributed by atoms with Gasteiger partial charge in [-0.2, -0.15) is 0 Å². The highest BCUT2D eigenvalue weighted by molar-refractivity contribution is 7.09. The SMILES string of the molecule is CCCc1nc(CN2CCC(N)CC2)cs1. The Morgan fingerprint density at radius 3 is 2.94 bits per heavy atom. The van der Waals surface area contributed by atoms with Gasteiger partial charge in [-0.1, -0.05) is 6.92 Å². The van der Waals surface area contributed by atoms with Gasteiger partial charge in [0, 0.05) is 31.1 Å². The molecule has 1 saturated heterocycles. The van der Waals surface area contributed by atoms with Gasteiger partial charge < -0.3 is 5.73 Å². The van der Waals surface area contributed by atoms with Crippen molar-refractivity contribution in [3.8, 4) is 0 Å². The Labute approximate surface area is 102 Å². The minimum Gasteiger partial charge on any atom is -0.328 e. The number of hydrogen-bond donors (Lipinski definition) is 1. The van der Waals surface area contributed by atoms with E-state index in [4.69, 9.17) is 5.73 Å². The zero-order valence-corrected chi connectivity index (χ0v) is 10.8. The lowest BCUT2D eigenvalue weighted by atomic mass is 10.1. The van der Waals surface area contributed by atoms with Crippen LogP contribution in [0.4, 0.5) is 0 Å². The van der Waals surface area contributed by atoms with Crippen LogP contribution in [0.15, 0.2) is 5.38 Å². The molecule has 0 spiro atoms. The molecule has 0 bridgehead atoms. The monoisotopic (exact) mass is 239 g/mol. The van der Waals surface area contributed by atoms with Gasteiger partial charge in [0.2, 0.25) is 0 Å². The molecule has 2 N–H and O–H groups in total. The predicted octanol–water partition coefficient (Wildman–Crippen LogP) is 2.02. The highest BCUT2D eigenvalue weighted by Gasteiger charge is 2.16. The van der Waals surface area contributed by atoms with E-state index in [1.54, 1.807) is 11.3 Å². The van der Waals surface area contributed by atoms with E-state index in [-0.39, 0.29) is 0 Å². The molecule has 1 aromatic rings. The van der Waals surface area contributed by atoms with Crippen LogP contribution in [0, 0.1) is 0 Å². The Kier molecular flexibility index (Phi) is 4.32. The van der Waals surface area contributed by atoms with Gasteiger partial charge in [0.25, 0.3) is 0 Å². The molecule has 4 heteroatoms. The van der Waals surface area contributed by atoms with E-state index in [1.807, 2.05) is 0 Å². The van der Waals surface area contributed by atoms with E-state index in [1.165, 1.54) is 17.1 Å². The lowest BCUT2D eigenvalue weighted by Crippen LogP contribution is -2.39. The molecule has 16 heavy (non-hydrogen) atoms. The number of thiazole rings is 1. The van der Waals surface area contributed by atoms with E-state index < -0.39 is 0 Å². The molecule has 1 aromatic heterocycles. The number of piperidine rings is 1. The fraction of sp³-hybridized carbons (Fsp3) is 0.750. The van der Waals surface area contributed by atoms with Crippen LogP contribution in [-0.4, -0.2) is 29.0 Å². The molecule has 0 radical (unpaired) electrons. The molecule has 2 heterocycles. The van der Waals surface area contributed by atoms with E-state index in [0.29, 0.717) is 6.04 Å². The molecule has 1 fully saturated rings. The molecular weight excluding hydrogens is 218 g/mol. The molecule has 2 rings (SSSR count). The first-order chi connectivity index (χ1) is 7.78. The topological polar surface area (TPSA) is 42.2 Å². The number of hydrogen-bond acceptors (Lipinski definition) is 4. The van der Waals surface area contributed by atoms with Gasteiger partial charge in [-0.15, -0.1) is 11.3 Å². The van der Waals surface area contributed by atoms with Crippen LogP contribution in [0.5, 0.6) is 0 Å². The Hall–Kier alpha value is -0.450. The Balaban J connectivity index is 1.83. The zero-order chi connectivity index (χ0) is 11.4. The van der Waals surface area contributed by atoms with Crippen LogP contribution in [0.3, 0.4) is 0 Å². The first-order valence-electron chi connectivity index (χ1n) is 6.19. The van der Waals surface area contributed by atoms with Crippen molar-refractivity contribution in [2.75, 3.05) is 13.1 Å². The zero-order valence-electron chi connectivity index (χ0n) is 9.98. The first kappa shape index (κ1) is 12.0. The second-order valence-electron chi connectivity index (χ2n) is 4.60. The van der Waals surface area contributed by atoms with Gasteiger partial charge in [0.1, 0.15) is 0 Å². The summed E-state index contributed by atoms with van der Waals surface area (Å²) in [5.41, 5.74) is 7.13. The van der Waals surface area contributed by atoms with Crippen molar-refractivity contribution in [1.82, 2.24) is 9.88 Å². The van der Waals surface area contributed by atoms with Gasteiger partial charge in [-0.05, 0) is 25.7 Å². The molecular formula is C12H21N3S. The van der Waals surface area contributed by atoms with Crippen LogP contribution < -0.4 is 5.73 Å². The number of nitrogens with zero attached hydrogens (tertiary/aromatic N) is 2. The van der Waals surface area contributed by atoms with Crippen LogP contribution >= 0.6 is 11.3 Å². The summed E-state index contributed by atoms with van der Waals surface area (Å²) < 4.78 is 0. The molecule has 0 aliphatic carbocycles. The van der Waals surface area contributed by atoms with Crippen molar-refractivity contribution in [2.45, 2.75) is 45.2 Å². The highest BCUT2D eigenvalue weighted by Crippen LogP contribution is 2.16. The Bertz CT molecular complexity index is 316. The molecule has 0 aromatic carbocycles. The lowest BCUT2D eigenvalue weighted by molar-refractivity contribution is 0.204. The van der Waals surface area contributed by atoms with E-state index >= 15 is 0 Å². The van der Waals surface area contributed by atoms with Crippen LogP contribution in [0.1, 0.15) is 36.9 Å². The van der Waals surface area contributed by atoms with E-state index in [2.05, 4.69) is 22.2 Å². The number of aryl methyl sites for hydroxylation is 1. The van der Waals surface area contributed by atoms with Crippen molar-refractivity contribution in [3.63, 3.8) is 0 Å². The summed E-state index contributed by atoms with van der Waals surface area (Å²) in [7, 11) is 0.